The van der Waals surface area contributed by atoms with Gasteiger partial charge >= 0.3 is 5.97 Å². The molecule has 4 saturated carbocycles. The molecule has 0 spiro atoms. The number of rotatable bonds is 5. The van der Waals surface area contributed by atoms with E-state index in [4.69, 9.17) is 10.2 Å². The summed E-state index contributed by atoms with van der Waals surface area (Å²) in [6.45, 7) is -0.554. The Kier molecular flexibility index (Phi) is 3.48. The van der Waals surface area contributed by atoms with Crippen LogP contribution in [0.4, 0.5) is 0 Å². The summed E-state index contributed by atoms with van der Waals surface area (Å²) in [7, 11) is 0. The highest BCUT2D eigenvalue weighted by atomic mass is 16.4. The number of aliphatic hydroxyl groups is 1. The Morgan fingerprint density at radius 3 is 2.00 bits per heavy atom. The fourth-order valence-electron chi connectivity index (χ4n) is 5.28. The molecule has 1 amide bonds. The normalized spacial score (nSPS) is 39.5. The maximum absolute atomic E-state index is 12.1. The lowest BCUT2D eigenvalue weighted by molar-refractivity contribution is -0.144. The molecule has 0 aromatic carbocycles. The van der Waals surface area contributed by atoms with Gasteiger partial charge in [0.15, 0.2) is 0 Å². The van der Waals surface area contributed by atoms with Crippen LogP contribution < -0.4 is 5.32 Å². The standard InChI is InChI=1S/C15H23NO4/c17-8-12(14(19)20)16-13(18)7-15-4-9-1-10(5-15)3-11(2-9)6-15/h9-12,17H,1-8H2,(H,16,18)(H,19,20). The van der Waals surface area contributed by atoms with Crippen LogP contribution in [-0.4, -0.2) is 34.7 Å². The van der Waals surface area contributed by atoms with Crippen LogP contribution >= 0.6 is 0 Å². The van der Waals surface area contributed by atoms with Crippen molar-refractivity contribution in [3.05, 3.63) is 0 Å². The second-order valence-corrected chi connectivity index (χ2v) is 7.24. The topological polar surface area (TPSA) is 86.6 Å². The highest BCUT2D eigenvalue weighted by Crippen LogP contribution is 2.61. The van der Waals surface area contributed by atoms with Gasteiger partial charge in [-0.05, 0) is 61.7 Å². The average molecular weight is 281 g/mol. The monoisotopic (exact) mass is 281 g/mol. The fraction of sp³-hybridized carbons (Fsp3) is 0.867. The largest absolute Gasteiger partial charge is 0.480 e. The number of nitrogens with one attached hydrogen (secondary N) is 1. The Balaban J connectivity index is 1.62. The molecule has 20 heavy (non-hydrogen) atoms. The number of carboxylic acid groups (broad SMARTS) is 1. The predicted molar refractivity (Wildman–Crippen MR) is 71.9 cm³/mol. The second kappa shape index (κ2) is 5.02. The number of amides is 1. The molecule has 4 aliphatic carbocycles. The van der Waals surface area contributed by atoms with Gasteiger partial charge < -0.3 is 15.5 Å². The van der Waals surface area contributed by atoms with E-state index in [1.165, 1.54) is 19.3 Å². The van der Waals surface area contributed by atoms with Crippen molar-refractivity contribution in [2.24, 2.45) is 23.2 Å². The molecule has 5 nitrogen and oxygen atoms in total. The summed E-state index contributed by atoms with van der Waals surface area (Å²) >= 11 is 0. The van der Waals surface area contributed by atoms with Gasteiger partial charge in [0, 0.05) is 6.42 Å². The van der Waals surface area contributed by atoms with E-state index < -0.39 is 18.6 Å². The van der Waals surface area contributed by atoms with Gasteiger partial charge in [0.25, 0.3) is 0 Å². The smallest absolute Gasteiger partial charge is 0.328 e. The summed E-state index contributed by atoms with van der Waals surface area (Å²) in [6.07, 6.45) is 7.80. The van der Waals surface area contributed by atoms with E-state index in [0.29, 0.717) is 6.42 Å². The molecular formula is C15H23NO4. The van der Waals surface area contributed by atoms with Crippen molar-refractivity contribution in [2.75, 3.05) is 6.61 Å². The van der Waals surface area contributed by atoms with Crippen molar-refractivity contribution in [1.82, 2.24) is 5.32 Å². The molecule has 1 atom stereocenters. The van der Waals surface area contributed by atoms with Crippen LogP contribution in [0.2, 0.25) is 0 Å². The number of carbonyl (C=O) groups is 2. The number of carbonyl (C=O) groups excluding carboxylic acids is 1. The van der Waals surface area contributed by atoms with Crippen LogP contribution in [-0.2, 0) is 9.59 Å². The van der Waals surface area contributed by atoms with E-state index in [1.807, 2.05) is 0 Å². The molecule has 4 rings (SSSR count). The van der Waals surface area contributed by atoms with Crippen LogP contribution in [0.5, 0.6) is 0 Å². The Morgan fingerprint density at radius 2 is 1.60 bits per heavy atom. The number of aliphatic hydroxyl groups excluding tert-OH is 1. The molecule has 3 N–H and O–H groups in total. The molecule has 4 aliphatic rings. The van der Waals surface area contributed by atoms with Crippen molar-refractivity contribution in [1.29, 1.82) is 0 Å². The molecule has 0 aromatic rings. The molecule has 4 fully saturated rings. The molecule has 0 heterocycles. The van der Waals surface area contributed by atoms with Gasteiger partial charge in [-0.25, -0.2) is 4.79 Å². The van der Waals surface area contributed by atoms with Crippen molar-refractivity contribution in [3.8, 4) is 0 Å². The van der Waals surface area contributed by atoms with E-state index in [0.717, 1.165) is 37.0 Å². The van der Waals surface area contributed by atoms with Crippen LogP contribution in [0.15, 0.2) is 0 Å². The highest BCUT2D eigenvalue weighted by molar-refractivity contribution is 5.84. The molecule has 5 heteroatoms. The predicted octanol–water partition coefficient (Wildman–Crippen LogP) is 1.15. The number of carboxylic acids is 1. The summed E-state index contributed by atoms with van der Waals surface area (Å²) < 4.78 is 0. The Bertz CT molecular complexity index is 385. The van der Waals surface area contributed by atoms with Gasteiger partial charge in [0.05, 0.1) is 6.61 Å². The lowest BCUT2D eigenvalue weighted by atomic mass is 9.49. The lowest BCUT2D eigenvalue weighted by Gasteiger charge is -2.56. The third-order valence-electron chi connectivity index (χ3n) is 5.52. The third kappa shape index (κ3) is 2.55. The SMILES string of the molecule is O=C(CC12CC3CC(CC(C3)C1)C2)NC(CO)C(=O)O. The van der Waals surface area contributed by atoms with E-state index in [-0.39, 0.29) is 11.3 Å². The van der Waals surface area contributed by atoms with Crippen LogP contribution in [0.3, 0.4) is 0 Å². The van der Waals surface area contributed by atoms with E-state index >= 15 is 0 Å². The van der Waals surface area contributed by atoms with E-state index in [2.05, 4.69) is 5.32 Å². The van der Waals surface area contributed by atoms with Crippen LogP contribution in [0, 0.1) is 23.2 Å². The van der Waals surface area contributed by atoms with Gasteiger partial charge in [0.2, 0.25) is 5.91 Å². The summed E-state index contributed by atoms with van der Waals surface area (Å²) in [5.41, 5.74) is 0.108. The zero-order valence-corrected chi connectivity index (χ0v) is 11.7. The molecular weight excluding hydrogens is 258 g/mol. The van der Waals surface area contributed by atoms with E-state index in [1.54, 1.807) is 0 Å². The molecule has 0 saturated heterocycles. The molecule has 112 valence electrons. The molecule has 0 aromatic heterocycles. The minimum Gasteiger partial charge on any atom is -0.480 e. The zero-order chi connectivity index (χ0) is 14.3. The van der Waals surface area contributed by atoms with Gasteiger partial charge in [0.1, 0.15) is 6.04 Å². The Labute approximate surface area is 118 Å². The first-order chi connectivity index (χ1) is 9.49. The fourth-order valence-corrected chi connectivity index (χ4v) is 5.28. The molecule has 1 unspecified atom stereocenters. The van der Waals surface area contributed by atoms with Crippen molar-refractivity contribution >= 4 is 11.9 Å². The first-order valence-electron chi connectivity index (χ1n) is 7.63. The van der Waals surface area contributed by atoms with Crippen LogP contribution in [0.1, 0.15) is 44.9 Å². The average Bonchev–Trinajstić information content (AvgIpc) is 2.33. The van der Waals surface area contributed by atoms with Gasteiger partial charge in [-0.2, -0.15) is 0 Å². The lowest BCUT2D eigenvalue weighted by Crippen LogP contribution is -2.50. The van der Waals surface area contributed by atoms with Gasteiger partial charge in [-0.15, -0.1) is 0 Å². The van der Waals surface area contributed by atoms with Crippen molar-refractivity contribution in [3.63, 3.8) is 0 Å². The first-order valence-corrected chi connectivity index (χ1v) is 7.63. The molecule has 4 bridgehead atoms. The summed E-state index contributed by atoms with van der Waals surface area (Å²) in [5.74, 6) is 0.950. The summed E-state index contributed by atoms with van der Waals surface area (Å²) in [6, 6.07) is -1.17. The number of hydrogen-bond acceptors (Lipinski definition) is 3. The minimum atomic E-state index is -1.17. The number of hydrogen-bond donors (Lipinski definition) is 3. The van der Waals surface area contributed by atoms with Crippen molar-refractivity contribution in [2.45, 2.75) is 51.0 Å². The zero-order valence-electron chi connectivity index (χ0n) is 11.7. The van der Waals surface area contributed by atoms with Gasteiger partial charge in [-0.1, -0.05) is 0 Å². The summed E-state index contributed by atoms with van der Waals surface area (Å²) in [4.78, 5) is 23.0. The Hall–Kier alpha value is -1.10. The highest BCUT2D eigenvalue weighted by Gasteiger charge is 2.51. The summed E-state index contributed by atoms with van der Waals surface area (Å²) in [5, 5.41) is 20.3. The third-order valence-corrected chi connectivity index (χ3v) is 5.52. The number of aliphatic carboxylic acids is 1. The molecule has 0 aliphatic heterocycles. The second-order valence-electron chi connectivity index (χ2n) is 7.24. The minimum absolute atomic E-state index is 0.108. The quantitative estimate of drug-likeness (QED) is 0.705. The maximum Gasteiger partial charge on any atom is 0.328 e. The van der Waals surface area contributed by atoms with Crippen LogP contribution in [0.25, 0.3) is 0 Å². The van der Waals surface area contributed by atoms with E-state index in [9.17, 15) is 9.59 Å². The van der Waals surface area contributed by atoms with Crippen molar-refractivity contribution < 1.29 is 19.8 Å². The molecule has 0 radical (unpaired) electrons. The Morgan fingerprint density at radius 1 is 1.10 bits per heavy atom. The van der Waals surface area contributed by atoms with Gasteiger partial charge in [-0.3, -0.25) is 4.79 Å². The maximum atomic E-state index is 12.1. The first kappa shape index (κ1) is 13.9.